The molecule has 0 fully saturated rings. The Labute approximate surface area is 140 Å². The number of halogens is 1. The molecule has 1 aliphatic rings. The molecular formula is C18H18ClO4-. The minimum Gasteiger partial charge on any atom is -0.546 e. The monoisotopic (exact) mass is 333 g/mol. The summed E-state index contributed by atoms with van der Waals surface area (Å²) in [7, 11) is 0. The Bertz CT molecular complexity index is 683. The fourth-order valence-corrected chi connectivity index (χ4v) is 2.54. The van der Waals surface area contributed by atoms with E-state index < -0.39 is 11.6 Å². The Morgan fingerprint density at radius 2 is 1.87 bits per heavy atom. The van der Waals surface area contributed by atoms with Gasteiger partial charge in [-0.25, -0.2) is 0 Å². The van der Waals surface area contributed by atoms with E-state index >= 15 is 0 Å². The summed E-state index contributed by atoms with van der Waals surface area (Å²) in [5.41, 5.74) is 0.576. The molecule has 0 N–H and O–H groups in total. The highest BCUT2D eigenvalue weighted by atomic mass is 35.5. The molecule has 5 heteroatoms. The highest BCUT2D eigenvalue weighted by molar-refractivity contribution is 6.22. The molecular weight excluding hydrogens is 316 g/mol. The summed E-state index contributed by atoms with van der Waals surface area (Å²) in [6, 6.07) is 6.38. The van der Waals surface area contributed by atoms with Crippen molar-refractivity contribution >= 4 is 23.4 Å². The number of Topliss-reactive ketones (excluding diaryl/α,β-unsaturated/α-hetero) is 1. The van der Waals surface area contributed by atoms with E-state index in [1.807, 2.05) is 19.1 Å². The van der Waals surface area contributed by atoms with Crippen LogP contribution >= 0.6 is 11.6 Å². The molecule has 23 heavy (non-hydrogen) atoms. The number of alkyl halides is 1. The molecule has 0 spiro atoms. The van der Waals surface area contributed by atoms with Crippen molar-refractivity contribution in [3.05, 3.63) is 53.1 Å². The lowest BCUT2D eigenvalue weighted by atomic mass is 9.92. The second-order valence-electron chi connectivity index (χ2n) is 5.97. The fraction of sp³-hybridized carbons (Fsp3) is 0.333. The number of hydrogen-bond donors (Lipinski definition) is 0. The van der Waals surface area contributed by atoms with Gasteiger partial charge in [0.1, 0.15) is 11.4 Å². The van der Waals surface area contributed by atoms with Gasteiger partial charge in [-0.2, -0.15) is 0 Å². The number of carboxylic acid groups (broad SMARTS) is 1. The topological polar surface area (TPSA) is 66.4 Å². The predicted octanol–water partition coefficient (Wildman–Crippen LogP) is 2.66. The summed E-state index contributed by atoms with van der Waals surface area (Å²) in [5.74, 6) is -1.03. The number of carbonyl (C=O) groups is 2. The SMILES string of the molecule is CC1=CC(Cl)CC=C1C(=O)c1ccc(OC(C)(C)C(=O)[O-])cc1. The molecule has 2 rings (SSSR count). The molecule has 1 atom stereocenters. The van der Waals surface area contributed by atoms with Crippen molar-refractivity contribution in [2.45, 2.75) is 38.2 Å². The Hall–Kier alpha value is -2.07. The number of benzene rings is 1. The molecule has 0 amide bonds. The molecule has 1 unspecified atom stereocenters. The van der Waals surface area contributed by atoms with Crippen molar-refractivity contribution in [3.8, 4) is 5.75 Å². The third-order valence-corrected chi connectivity index (χ3v) is 3.93. The van der Waals surface area contributed by atoms with Gasteiger partial charge >= 0.3 is 0 Å². The zero-order valence-electron chi connectivity index (χ0n) is 13.3. The maximum absolute atomic E-state index is 12.5. The van der Waals surface area contributed by atoms with Gasteiger partial charge in [0.05, 0.1) is 11.3 Å². The largest absolute Gasteiger partial charge is 0.546 e. The van der Waals surface area contributed by atoms with Crippen LogP contribution in [0.25, 0.3) is 0 Å². The van der Waals surface area contributed by atoms with Gasteiger partial charge in [0.2, 0.25) is 0 Å². The van der Waals surface area contributed by atoms with Gasteiger partial charge < -0.3 is 14.6 Å². The van der Waals surface area contributed by atoms with Crippen LogP contribution in [0.15, 0.2) is 47.6 Å². The van der Waals surface area contributed by atoms with Crippen LogP contribution in [-0.2, 0) is 4.79 Å². The zero-order chi connectivity index (χ0) is 17.2. The summed E-state index contributed by atoms with van der Waals surface area (Å²) in [5, 5.41) is 10.9. The first-order chi connectivity index (χ1) is 10.7. The van der Waals surface area contributed by atoms with Gasteiger partial charge in [0.15, 0.2) is 5.78 Å². The first kappa shape index (κ1) is 17.3. The van der Waals surface area contributed by atoms with Crippen molar-refractivity contribution in [2.24, 2.45) is 0 Å². The average Bonchev–Trinajstić information content (AvgIpc) is 2.47. The molecule has 4 nitrogen and oxygen atoms in total. The molecule has 1 aromatic rings. The lowest BCUT2D eigenvalue weighted by Crippen LogP contribution is -2.47. The molecule has 122 valence electrons. The molecule has 0 aliphatic heterocycles. The lowest BCUT2D eigenvalue weighted by Gasteiger charge is -2.27. The highest BCUT2D eigenvalue weighted by Crippen LogP contribution is 2.26. The van der Waals surface area contributed by atoms with Gasteiger partial charge in [-0.1, -0.05) is 12.2 Å². The Morgan fingerprint density at radius 3 is 2.39 bits per heavy atom. The predicted molar refractivity (Wildman–Crippen MR) is 86.6 cm³/mol. The molecule has 1 aromatic carbocycles. The van der Waals surface area contributed by atoms with E-state index in [2.05, 4.69) is 0 Å². The first-order valence-electron chi connectivity index (χ1n) is 7.29. The molecule has 0 saturated heterocycles. The fourth-order valence-electron chi connectivity index (χ4n) is 2.26. The van der Waals surface area contributed by atoms with Gasteiger partial charge in [0, 0.05) is 11.1 Å². The van der Waals surface area contributed by atoms with Crippen molar-refractivity contribution in [1.82, 2.24) is 0 Å². The Morgan fingerprint density at radius 1 is 1.26 bits per heavy atom. The van der Waals surface area contributed by atoms with Crippen LogP contribution in [0.3, 0.4) is 0 Å². The van der Waals surface area contributed by atoms with Crippen LogP contribution < -0.4 is 9.84 Å². The standard InChI is InChI=1S/C18H19ClO4/c1-11-10-13(19)6-9-15(11)16(20)12-4-7-14(8-5-12)23-18(2,3)17(21)22/h4-5,7-10,13H,6H2,1-3H3,(H,21,22)/p-1. The maximum Gasteiger partial charge on any atom is 0.192 e. The average molecular weight is 334 g/mol. The second kappa shape index (κ2) is 6.59. The van der Waals surface area contributed by atoms with Crippen LogP contribution in [-0.4, -0.2) is 22.7 Å². The van der Waals surface area contributed by atoms with Gasteiger partial charge in [-0.3, -0.25) is 4.79 Å². The summed E-state index contributed by atoms with van der Waals surface area (Å²) < 4.78 is 5.36. The van der Waals surface area contributed by atoms with Gasteiger partial charge in [-0.15, -0.1) is 11.6 Å². The van der Waals surface area contributed by atoms with E-state index in [4.69, 9.17) is 16.3 Å². The number of allylic oxidation sites excluding steroid dienone is 4. The summed E-state index contributed by atoms with van der Waals surface area (Å²) in [4.78, 5) is 23.5. The normalized spacial score (nSPS) is 18.0. The Balaban J connectivity index is 2.16. The van der Waals surface area contributed by atoms with Crippen LogP contribution in [0.4, 0.5) is 0 Å². The van der Waals surface area contributed by atoms with E-state index in [0.29, 0.717) is 23.3 Å². The van der Waals surface area contributed by atoms with E-state index in [1.54, 1.807) is 24.3 Å². The number of ketones is 1. The number of carbonyl (C=O) groups excluding carboxylic acids is 2. The second-order valence-corrected chi connectivity index (χ2v) is 6.53. The van der Waals surface area contributed by atoms with E-state index in [1.165, 1.54) is 13.8 Å². The number of aliphatic carboxylic acids is 1. The van der Waals surface area contributed by atoms with Crippen LogP contribution in [0.2, 0.25) is 0 Å². The molecule has 1 aliphatic carbocycles. The third-order valence-electron chi connectivity index (χ3n) is 3.63. The first-order valence-corrected chi connectivity index (χ1v) is 7.72. The maximum atomic E-state index is 12.5. The van der Waals surface area contributed by atoms with Crippen molar-refractivity contribution in [1.29, 1.82) is 0 Å². The van der Waals surface area contributed by atoms with Crippen molar-refractivity contribution in [2.75, 3.05) is 0 Å². The summed E-state index contributed by atoms with van der Waals surface area (Å²) in [6.45, 7) is 4.67. The number of hydrogen-bond acceptors (Lipinski definition) is 4. The minimum absolute atomic E-state index is 0.0748. The van der Waals surface area contributed by atoms with E-state index in [9.17, 15) is 14.7 Å². The van der Waals surface area contributed by atoms with Gasteiger partial charge in [-0.05, 0) is 57.0 Å². The quantitative estimate of drug-likeness (QED) is 0.613. The molecule has 0 radical (unpaired) electrons. The number of carboxylic acids is 1. The molecule has 0 aromatic heterocycles. The minimum atomic E-state index is -1.44. The molecule has 0 heterocycles. The number of rotatable bonds is 5. The molecule has 0 saturated carbocycles. The lowest BCUT2D eigenvalue weighted by molar-refractivity contribution is -0.320. The van der Waals surface area contributed by atoms with Crippen LogP contribution in [0.5, 0.6) is 5.75 Å². The zero-order valence-corrected chi connectivity index (χ0v) is 14.0. The smallest absolute Gasteiger partial charge is 0.192 e. The van der Waals surface area contributed by atoms with E-state index in [0.717, 1.165) is 5.57 Å². The summed E-state index contributed by atoms with van der Waals surface area (Å²) in [6.07, 6.45) is 4.34. The van der Waals surface area contributed by atoms with Crippen LogP contribution in [0, 0.1) is 0 Å². The van der Waals surface area contributed by atoms with Crippen molar-refractivity contribution in [3.63, 3.8) is 0 Å². The Kier molecular flexibility index (Phi) is 4.95. The van der Waals surface area contributed by atoms with Crippen molar-refractivity contribution < 1.29 is 19.4 Å². The van der Waals surface area contributed by atoms with Crippen LogP contribution in [0.1, 0.15) is 37.6 Å². The third kappa shape index (κ3) is 4.02. The molecule has 0 bridgehead atoms. The highest BCUT2D eigenvalue weighted by Gasteiger charge is 2.22. The van der Waals surface area contributed by atoms with E-state index in [-0.39, 0.29) is 11.2 Å². The summed E-state index contributed by atoms with van der Waals surface area (Å²) >= 11 is 6.03. The number of ether oxygens (including phenoxy) is 1. The van der Waals surface area contributed by atoms with Gasteiger partial charge in [0.25, 0.3) is 0 Å².